The molecule has 0 aromatic rings. The molecule has 3 nitrogen and oxygen atoms in total. The molecule has 2 aliphatic heterocycles. The van der Waals surface area contributed by atoms with Crippen LogP contribution in [-0.4, -0.2) is 38.0 Å². The highest BCUT2D eigenvalue weighted by molar-refractivity contribution is 4.94. The zero-order valence-corrected chi connectivity index (χ0v) is 12.3. The molecule has 1 spiro atoms. The van der Waals surface area contributed by atoms with E-state index in [1.54, 1.807) is 0 Å². The summed E-state index contributed by atoms with van der Waals surface area (Å²) in [5, 5.41) is 3.76. The third-order valence-electron chi connectivity index (χ3n) is 5.45. The number of nitrogens with one attached hydrogen (secondary N) is 1. The van der Waals surface area contributed by atoms with E-state index in [0.717, 1.165) is 44.6 Å². The van der Waals surface area contributed by atoms with Crippen LogP contribution in [0.15, 0.2) is 0 Å². The van der Waals surface area contributed by atoms with Crippen LogP contribution >= 0.6 is 0 Å². The average molecular weight is 267 g/mol. The molecule has 3 unspecified atom stereocenters. The van der Waals surface area contributed by atoms with Gasteiger partial charge in [0.15, 0.2) is 0 Å². The molecule has 3 heteroatoms. The smallest absolute Gasteiger partial charge is 0.0939 e. The third kappa shape index (κ3) is 3.14. The van der Waals surface area contributed by atoms with Crippen LogP contribution in [0.25, 0.3) is 0 Å². The number of hydrogen-bond donors (Lipinski definition) is 1. The van der Waals surface area contributed by atoms with Gasteiger partial charge in [0, 0.05) is 25.7 Å². The van der Waals surface area contributed by atoms with Crippen LogP contribution < -0.4 is 5.32 Å². The van der Waals surface area contributed by atoms with E-state index in [2.05, 4.69) is 12.2 Å². The van der Waals surface area contributed by atoms with Gasteiger partial charge < -0.3 is 14.8 Å². The number of ether oxygens (including phenoxy) is 2. The molecular weight excluding hydrogens is 238 g/mol. The van der Waals surface area contributed by atoms with E-state index in [1.165, 1.54) is 38.5 Å². The Kier molecular flexibility index (Phi) is 4.45. The summed E-state index contributed by atoms with van der Waals surface area (Å²) in [5.74, 6) is 1.78. The molecule has 0 aromatic heterocycles. The Morgan fingerprint density at radius 1 is 1.26 bits per heavy atom. The summed E-state index contributed by atoms with van der Waals surface area (Å²) in [7, 11) is 0. The molecule has 1 saturated carbocycles. The van der Waals surface area contributed by atoms with Gasteiger partial charge in [-0.2, -0.15) is 0 Å². The predicted octanol–water partition coefficient (Wildman–Crippen LogP) is 2.74. The van der Waals surface area contributed by atoms with Crippen molar-refractivity contribution < 1.29 is 9.47 Å². The van der Waals surface area contributed by atoms with Gasteiger partial charge >= 0.3 is 0 Å². The summed E-state index contributed by atoms with van der Waals surface area (Å²) in [4.78, 5) is 0. The van der Waals surface area contributed by atoms with Crippen molar-refractivity contribution in [2.45, 2.75) is 63.5 Å². The molecule has 3 rings (SSSR count). The van der Waals surface area contributed by atoms with Crippen LogP contribution in [0.5, 0.6) is 0 Å². The lowest BCUT2D eigenvalue weighted by Crippen LogP contribution is -2.48. The lowest BCUT2D eigenvalue weighted by atomic mass is 9.74. The molecule has 3 fully saturated rings. The summed E-state index contributed by atoms with van der Waals surface area (Å²) in [6, 6.07) is 0.705. The molecule has 1 N–H and O–H groups in total. The Bertz CT molecular complexity index is 284. The quantitative estimate of drug-likeness (QED) is 0.831. The largest absolute Gasteiger partial charge is 0.378 e. The first-order chi connectivity index (χ1) is 9.31. The zero-order chi connectivity index (χ0) is 13.1. The normalized spacial score (nSPS) is 37.4. The van der Waals surface area contributed by atoms with Gasteiger partial charge in [0.2, 0.25) is 0 Å². The molecule has 0 aromatic carbocycles. The highest BCUT2D eigenvalue weighted by Gasteiger charge is 2.43. The summed E-state index contributed by atoms with van der Waals surface area (Å²) in [6.45, 7) is 5.98. The first kappa shape index (κ1) is 13.8. The molecule has 19 heavy (non-hydrogen) atoms. The zero-order valence-electron chi connectivity index (χ0n) is 12.3. The summed E-state index contributed by atoms with van der Waals surface area (Å²) >= 11 is 0. The molecule has 1 aliphatic carbocycles. The van der Waals surface area contributed by atoms with Gasteiger partial charge in [-0.25, -0.2) is 0 Å². The summed E-state index contributed by atoms with van der Waals surface area (Å²) in [6.07, 6.45) is 9.29. The molecule has 110 valence electrons. The number of rotatable bonds is 5. The van der Waals surface area contributed by atoms with Crippen LogP contribution in [0.2, 0.25) is 0 Å². The second-order valence-electron chi connectivity index (χ2n) is 6.78. The Morgan fingerprint density at radius 2 is 2.16 bits per heavy atom. The van der Waals surface area contributed by atoms with Gasteiger partial charge in [-0.15, -0.1) is 0 Å². The fourth-order valence-corrected chi connectivity index (χ4v) is 4.06. The molecular formula is C16H29NO2. The second kappa shape index (κ2) is 6.11. The highest BCUT2D eigenvalue weighted by atomic mass is 16.6. The van der Waals surface area contributed by atoms with Crippen LogP contribution in [0.1, 0.15) is 51.9 Å². The Morgan fingerprint density at radius 3 is 2.79 bits per heavy atom. The molecule has 3 atom stereocenters. The lowest BCUT2D eigenvalue weighted by Gasteiger charge is -2.42. The Labute approximate surface area is 117 Å². The monoisotopic (exact) mass is 267 g/mol. The van der Waals surface area contributed by atoms with Crippen molar-refractivity contribution in [3.8, 4) is 0 Å². The van der Waals surface area contributed by atoms with Crippen molar-refractivity contribution in [3.63, 3.8) is 0 Å². The van der Waals surface area contributed by atoms with Crippen LogP contribution in [0.3, 0.4) is 0 Å². The van der Waals surface area contributed by atoms with E-state index in [-0.39, 0.29) is 5.60 Å². The topological polar surface area (TPSA) is 30.5 Å². The van der Waals surface area contributed by atoms with Gasteiger partial charge in [-0.3, -0.25) is 0 Å². The fourth-order valence-electron chi connectivity index (χ4n) is 4.06. The van der Waals surface area contributed by atoms with E-state index in [1.807, 2.05) is 0 Å². The van der Waals surface area contributed by atoms with Crippen molar-refractivity contribution in [2.24, 2.45) is 11.8 Å². The van der Waals surface area contributed by atoms with Gasteiger partial charge in [0.25, 0.3) is 0 Å². The summed E-state index contributed by atoms with van der Waals surface area (Å²) < 4.78 is 11.7. The maximum absolute atomic E-state index is 6.08. The van der Waals surface area contributed by atoms with Crippen molar-refractivity contribution in [1.29, 1.82) is 0 Å². The van der Waals surface area contributed by atoms with E-state index in [9.17, 15) is 0 Å². The molecule has 0 amide bonds. The number of hydrogen-bond acceptors (Lipinski definition) is 3. The van der Waals surface area contributed by atoms with E-state index in [4.69, 9.17) is 9.47 Å². The molecule has 0 bridgehead atoms. The average Bonchev–Trinajstić information content (AvgIpc) is 2.80. The minimum Gasteiger partial charge on any atom is -0.378 e. The van der Waals surface area contributed by atoms with E-state index >= 15 is 0 Å². The van der Waals surface area contributed by atoms with E-state index in [0.29, 0.717) is 6.04 Å². The molecule has 2 heterocycles. The fraction of sp³-hybridized carbons (Fsp3) is 1.00. The van der Waals surface area contributed by atoms with Crippen LogP contribution in [0.4, 0.5) is 0 Å². The second-order valence-corrected chi connectivity index (χ2v) is 6.78. The minimum absolute atomic E-state index is 0.0657. The Hall–Kier alpha value is -0.120. The molecule has 3 aliphatic rings. The van der Waals surface area contributed by atoms with Crippen molar-refractivity contribution in [3.05, 3.63) is 0 Å². The Balaban J connectivity index is 1.59. The third-order valence-corrected chi connectivity index (χ3v) is 5.45. The van der Waals surface area contributed by atoms with Crippen molar-refractivity contribution in [1.82, 2.24) is 5.32 Å². The predicted molar refractivity (Wildman–Crippen MR) is 76.3 cm³/mol. The molecule has 0 radical (unpaired) electrons. The SMILES string of the molecule is CCNC(CC1CCC1)C1CCOC2(CCOC2)C1. The van der Waals surface area contributed by atoms with Gasteiger partial charge in [-0.05, 0) is 37.6 Å². The first-order valence-corrected chi connectivity index (χ1v) is 8.26. The lowest BCUT2D eigenvalue weighted by molar-refractivity contribution is -0.104. The van der Waals surface area contributed by atoms with Gasteiger partial charge in [0.1, 0.15) is 0 Å². The van der Waals surface area contributed by atoms with Crippen LogP contribution in [0, 0.1) is 11.8 Å². The van der Waals surface area contributed by atoms with E-state index < -0.39 is 0 Å². The van der Waals surface area contributed by atoms with Crippen LogP contribution in [-0.2, 0) is 9.47 Å². The van der Waals surface area contributed by atoms with Gasteiger partial charge in [-0.1, -0.05) is 26.2 Å². The van der Waals surface area contributed by atoms with Crippen molar-refractivity contribution in [2.75, 3.05) is 26.4 Å². The van der Waals surface area contributed by atoms with Gasteiger partial charge in [0.05, 0.1) is 12.2 Å². The molecule has 2 saturated heterocycles. The maximum Gasteiger partial charge on any atom is 0.0939 e. The summed E-state index contributed by atoms with van der Waals surface area (Å²) in [5.41, 5.74) is 0.0657. The van der Waals surface area contributed by atoms with Crippen molar-refractivity contribution >= 4 is 0 Å². The standard InChI is InChI=1S/C16H29NO2/c1-2-17-15(10-13-4-3-5-13)14-6-8-19-16(11-14)7-9-18-12-16/h13-15,17H,2-12H2,1H3. The first-order valence-electron chi connectivity index (χ1n) is 8.26. The highest BCUT2D eigenvalue weighted by Crippen LogP contribution is 2.40. The minimum atomic E-state index is 0.0657. The maximum atomic E-state index is 6.08.